The summed E-state index contributed by atoms with van der Waals surface area (Å²) in [5, 5.41) is 9.36. The number of halogens is 1. The third-order valence-corrected chi connectivity index (χ3v) is 2.44. The number of phenols is 1. The number of benzene rings is 2. The molecule has 0 aromatic heterocycles. The fourth-order valence-corrected chi connectivity index (χ4v) is 1.74. The molecule has 0 spiro atoms. The van der Waals surface area contributed by atoms with E-state index < -0.39 is 5.82 Å². The molecule has 0 saturated heterocycles. The maximum absolute atomic E-state index is 13.2. The van der Waals surface area contributed by atoms with Gasteiger partial charge in [0.1, 0.15) is 17.3 Å². The number of hydrogen-bond donors (Lipinski definition) is 1. The van der Waals surface area contributed by atoms with Crippen LogP contribution in [0.5, 0.6) is 11.5 Å². The van der Waals surface area contributed by atoms with Crippen LogP contribution in [0.2, 0.25) is 0 Å². The van der Waals surface area contributed by atoms with Crippen LogP contribution in [0.3, 0.4) is 0 Å². The highest BCUT2D eigenvalue weighted by atomic mass is 19.1. The van der Waals surface area contributed by atoms with Gasteiger partial charge in [0.05, 0.1) is 6.10 Å². The molecular weight excluding hydrogens is 231 g/mol. The summed E-state index contributed by atoms with van der Waals surface area (Å²) in [6.07, 6.45) is 0.120. The lowest BCUT2D eigenvalue weighted by Crippen LogP contribution is -2.05. The van der Waals surface area contributed by atoms with Gasteiger partial charge < -0.3 is 9.84 Å². The summed E-state index contributed by atoms with van der Waals surface area (Å²) >= 11 is 0. The highest BCUT2D eigenvalue weighted by Gasteiger charge is 2.03. The summed E-state index contributed by atoms with van der Waals surface area (Å²) in [6.45, 7) is 3.91. The van der Waals surface area contributed by atoms with E-state index in [2.05, 4.69) is 0 Å². The van der Waals surface area contributed by atoms with Crippen molar-refractivity contribution in [1.29, 1.82) is 0 Å². The molecule has 18 heavy (non-hydrogen) atoms. The fourth-order valence-electron chi connectivity index (χ4n) is 1.74. The minimum absolute atomic E-state index is 0.0764. The molecule has 0 aliphatic rings. The molecule has 2 rings (SSSR count). The largest absolute Gasteiger partial charge is 0.508 e. The lowest BCUT2D eigenvalue weighted by atomic mass is 10.1. The number of aromatic hydroxyl groups is 1. The molecule has 0 aliphatic carbocycles. The van der Waals surface area contributed by atoms with Crippen LogP contribution < -0.4 is 4.74 Å². The molecule has 0 radical (unpaired) electrons. The van der Waals surface area contributed by atoms with E-state index in [1.807, 2.05) is 38.1 Å². The first kappa shape index (κ1) is 12.4. The summed E-state index contributed by atoms with van der Waals surface area (Å²) < 4.78 is 18.7. The lowest BCUT2D eigenvalue weighted by molar-refractivity contribution is 0.242. The van der Waals surface area contributed by atoms with Gasteiger partial charge in [-0.2, -0.15) is 0 Å². The van der Waals surface area contributed by atoms with Crippen LogP contribution in [0, 0.1) is 5.82 Å². The first-order valence-corrected chi connectivity index (χ1v) is 5.81. The average molecular weight is 246 g/mol. The molecule has 1 N–H and O–H groups in total. The van der Waals surface area contributed by atoms with Crippen LogP contribution >= 0.6 is 0 Å². The molecule has 94 valence electrons. The fraction of sp³-hybridized carbons (Fsp3) is 0.200. The van der Waals surface area contributed by atoms with Crippen LogP contribution in [0.1, 0.15) is 13.8 Å². The molecule has 0 heterocycles. The molecule has 0 fully saturated rings. The van der Waals surface area contributed by atoms with E-state index in [4.69, 9.17) is 4.74 Å². The van der Waals surface area contributed by atoms with Crippen molar-refractivity contribution in [2.24, 2.45) is 0 Å². The highest BCUT2D eigenvalue weighted by Crippen LogP contribution is 2.26. The van der Waals surface area contributed by atoms with Crippen molar-refractivity contribution in [1.82, 2.24) is 0 Å². The Kier molecular flexibility index (Phi) is 3.51. The van der Waals surface area contributed by atoms with Crippen LogP contribution in [-0.4, -0.2) is 11.2 Å². The third-order valence-electron chi connectivity index (χ3n) is 2.44. The molecule has 0 saturated carbocycles. The molecule has 0 aliphatic heterocycles. The van der Waals surface area contributed by atoms with Crippen molar-refractivity contribution in [3.05, 3.63) is 48.3 Å². The SMILES string of the molecule is CC(C)Oc1ccc(-c2cc(O)cc(F)c2)cc1. The molecule has 2 aromatic carbocycles. The maximum Gasteiger partial charge on any atom is 0.127 e. The molecule has 2 nitrogen and oxygen atoms in total. The first-order chi connectivity index (χ1) is 8.54. The summed E-state index contributed by atoms with van der Waals surface area (Å²) in [7, 11) is 0. The van der Waals surface area contributed by atoms with Gasteiger partial charge in [-0.25, -0.2) is 4.39 Å². The van der Waals surface area contributed by atoms with E-state index in [0.717, 1.165) is 17.4 Å². The summed E-state index contributed by atoms with van der Waals surface area (Å²) in [4.78, 5) is 0. The Hall–Kier alpha value is -2.03. The second kappa shape index (κ2) is 5.08. The number of phenolic OH excluding ortho intramolecular Hbond substituents is 1. The van der Waals surface area contributed by atoms with E-state index in [-0.39, 0.29) is 11.9 Å². The lowest BCUT2D eigenvalue weighted by Gasteiger charge is -2.10. The van der Waals surface area contributed by atoms with E-state index in [0.29, 0.717) is 5.56 Å². The van der Waals surface area contributed by atoms with Gasteiger partial charge in [0.2, 0.25) is 0 Å². The van der Waals surface area contributed by atoms with E-state index in [1.54, 1.807) is 0 Å². The molecule has 0 bridgehead atoms. The molecule has 0 amide bonds. The van der Waals surface area contributed by atoms with Crippen molar-refractivity contribution in [2.75, 3.05) is 0 Å². The Morgan fingerprint density at radius 2 is 1.67 bits per heavy atom. The van der Waals surface area contributed by atoms with Gasteiger partial charge in [-0.1, -0.05) is 12.1 Å². The number of ether oxygens (including phenoxy) is 1. The second-order valence-corrected chi connectivity index (χ2v) is 4.39. The van der Waals surface area contributed by atoms with Crippen molar-refractivity contribution >= 4 is 0 Å². The van der Waals surface area contributed by atoms with Crippen LogP contribution in [-0.2, 0) is 0 Å². The quantitative estimate of drug-likeness (QED) is 0.887. The Labute approximate surface area is 106 Å². The van der Waals surface area contributed by atoms with E-state index >= 15 is 0 Å². The average Bonchev–Trinajstić information content (AvgIpc) is 2.27. The standard InChI is InChI=1S/C15H15FO2/c1-10(2)18-15-5-3-11(4-6-15)12-7-13(16)9-14(17)8-12/h3-10,17H,1-2H3. The number of hydrogen-bond acceptors (Lipinski definition) is 2. The predicted molar refractivity (Wildman–Crippen MR) is 69.3 cm³/mol. The van der Waals surface area contributed by atoms with E-state index in [9.17, 15) is 9.50 Å². The third kappa shape index (κ3) is 3.00. The van der Waals surface area contributed by atoms with Gasteiger partial charge in [-0.15, -0.1) is 0 Å². The molecule has 2 aromatic rings. The van der Waals surface area contributed by atoms with Gasteiger partial charge in [0.15, 0.2) is 0 Å². The van der Waals surface area contributed by atoms with Crippen molar-refractivity contribution in [3.8, 4) is 22.6 Å². The zero-order valence-corrected chi connectivity index (χ0v) is 10.4. The molecule has 0 unspecified atom stereocenters. The zero-order valence-electron chi connectivity index (χ0n) is 10.4. The van der Waals surface area contributed by atoms with Crippen LogP contribution in [0.4, 0.5) is 4.39 Å². The highest BCUT2D eigenvalue weighted by molar-refractivity contribution is 5.65. The molecule has 3 heteroatoms. The first-order valence-electron chi connectivity index (χ1n) is 5.81. The molecular formula is C15H15FO2. The Bertz CT molecular complexity index is 512. The van der Waals surface area contributed by atoms with E-state index in [1.165, 1.54) is 12.1 Å². The second-order valence-electron chi connectivity index (χ2n) is 4.39. The minimum Gasteiger partial charge on any atom is -0.508 e. The minimum atomic E-state index is -0.451. The van der Waals surface area contributed by atoms with Crippen LogP contribution in [0.25, 0.3) is 11.1 Å². The Balaban J connectivity index is 2.28. The Morgan fingerprint density at radius 3 is 2.22 bits per heavy atom. The summed E-state index contributed by atoms with van der Waals surface area (Å²) in [5.74, 6) is 0.245. The summed E-state index contributed by atoms with van der Waals surface area (Å²) in [6, 6.07) is 11.3. The maximum atomic E-state index is 13.2. The van der Waals surface area contributed by atoms with Gasteiger partial charge >= 0.3 is 0 Å². The predicted octanol–water partition coefficient (Wildman–Crippen LogP) is 3.99. The van der Waals surface area contributed by atoms with Crippen molar-refractivity contribution in [3.63, 3.8) is 0 Å². The number of rotatable bonds is 3. The van der Waals surface area contributed by atoms with Gasteiger partial charge in [0.25, 0.3) is 0 Å². The van der Waals surface area contributed by atoms with Crippen LogP contribution in [0.15, 0.2) is 42.5 Å². The van der Waals surface area contributed by atoms with Gasteiger partial charge in [-0.05, 0) is 49.2 Å². The van der Waals surface area contributed by atoms with Gasteiger partial charge in [-0.3, -0.25) is 0 Å². The van der Waals surface area contributed by atoms with Crippen molar-refractivity contribution < 1.29 is 14.2 Å². The summed E-state index contributed by atoms with van der Waals surface area (Å²) in [5.41, 5.74) is 1.48. The smallest absolute Gasteiger partial charge is 0.127 e. The molecule has 0 atom stereocenters. The normalized spacial score (nSPS) is 10.7. The van der Waals surface area contributed by atoms with Gasteiger partial charge in [0, 0.05) is 6.07 Å². The monoisotopic (exact) mass is 246 g/mol. The zero-order chi connectivity index (χ0) is 13.1. The Morgan fingerprint density at radius 1 is 1.00 bits per heavy atom. The van der Waals surface area contributed by atoms with Crippen molar-refractivity contribution in [2.45, 2.75) is 20.0 Å². The topological polar surface area (TPSA) is 29.5 Å².